The average molecular weight is 298 g/mol. The van der Waals surface area contributed by atoms with Gasteiger partial charge in [0, 0.05) is 18.8 Å². The second kappa shape index (κ2) is 4.68. The molecule has 0 aromatic heterocycles. The van der Waals surface area contributed by atoms with Crippen LogP contribution in [0.3, 0.4) is 0 Å². The molecule has 4 rings (SSSR count). The van der Waals surface area contributed by atoms with Gasteiger partial charge in [0.1, 0.15) is 11.5 Å². The summed E-state index contributed by atoms with van der Waals surface area (Å²) in [5.74, 6) is 2.06. The second-order valence-corrected chi connectivity index (χ2v) is 7.40. The van der Waals surface area contributed by atoms with E-state index in [-0.39, 0.29) is 17.1 Å². The maximum absolute atomic E-state index is 13.2. The van der Waals surface area contributed by atoms with Crippen molar-refractivity contribution in [2.45, 2.75) is 44.9 Å². The van der Waals surface area contributed by atoms with E-state index in [1.807, 2.05) is 12.1 Å². The molecule has 0 aliphatic heterocycles. The van der Waals surface area contributed by atoms with Crippen molar-refractivity contribution in [2.75, 3.05) is 7.11 Å². The molecule has 22 heavy (non-hydrogen) atoms. The number of hydrogen-bond acceptors (Lipinski definition) is 3. The number of rotatable bonds is 1. The van der Waals surface area contributed by atoms with Gasteiger partial charge < -0.3 is 4.74 Å². The minimum absolute atomic E-state index is 0.0298. The number of carbonyl (C=O) groups is 2. The fourth-order valence-corrected chi connectivity index (χ4v) is 5.33. The molecule has 3 aliphatic rings. The Hall–Kier alpha value is -1.64. The highest BCUT2D eigenvalue weighted by molar-refractivity contribution is 6.06. The number of hydrogen-bond donors (Lipinski definition) is 0. The zero-order chi connectivity index (χ0) is 15.5. The molecule has 116 valence electrons. The van der Waals surface area contributed by atoms with Gasteiger partial charge in [0.05, 0.1) is 12.7 Å². The predicted octanol–water partition coefficient (Wildman–Crippen LogP) is 3.76. The highest BCUT2D eigenvalue weighted by Gasteiger charge is 2.57. The first kappa shape index (κ1) is 14.0. The Morgan fingerprint density at radius 1 is 1.23 bits per heavy atom. The van der Waals surface area contributed by atoms with Crippen LogP contribution < -0.4 is 4.74 Å². The van der Waals surface area contributed by atoms with Gasteiger partial charge in [-0.25, -0.2) is 0 Å². The molecule has 3 nitrogen and oxygen atoms in total. The van der Waals surface area contributed by atoms with E-state index in [9.17, 15) is 9.59 Å². The Bertz CT molecular complexity index is 663. The van der Waals surface area contributed by atoms with Crippen LogP contribution in [0.1, 0.15) is 60.9 Å². The lowest BCUT2D eigenvalue weighted by atomic mass is 9.52. The highest BCUT2D eigenvalue weighted by Crippen LogP contribution is 2.61. The molecule has 4 unspecified atom stereocenters. The van der Waals surface area contributed by atoms with E-state index in [0.29, 0.717) is 36.2 Å². The van der Waals surface area contributed by atoms with Crippen LogP contribution >= 0.6 is 0 Å². The van der Waals surface area contributed by atoms with Gasteiger partial charge >= 0.3 is 0 Å². The van der Waals surface area contributed by atoms with Crippen LogP contribution in [0.2, 0.25) is 0 Å². The third-order valence-corrected chi connectivity index (χ3v) is 6.49. The van der Waals surface area contributed by atoms with Crippen molar-refractivity contribution in [3.63, 3.8) is 0 Å². The fraction of sp³-hybridized carbons (Fsp3) is 0.579. The van der Waals surface area contributed by atoms with Crippen LogP contribution in [0, 0.1) is 17.3 Å². The predicted molar refractivity (Wildman–Crippen MR) is 83.2 cm³/mol. The monoisotopic (exact) mass is 298 g/mol. The van der Waals surface area contributed by atoms with E-state index >= 15 is 0 Å². The van der Waals surface area contributed by atoms with Gasteiger partial charge in [0.15, 0.2) is 5.78 Å². The van der Waals surface area contributed by atoms with Crippen molar-refractivity contribution in [1.29, 1.82) is 0 Å². The first-order valence-electron chi connectivity index (χ1n) is 8.29. The quantitative estimate of drug-likeness (QED) is 0.793. The molecule has 1 aromatic rings. The molecule has 3 heteroatoms. The number of methoxy groups -OCH3 is 1. The maximum atomic E-state index is 13.2. The molecule has 2 fully saturated rings. The van der Waals surface area contributed by atoms with Gasteiger partial charge in [-0.2, -0.15) is 0 Å². The van der Waals surface area contributed by atoms with E-state index in [4.69, 9.17) is 4.74 Å². The molecular weight excluding hydrogens is 276 g/mol. The molecular formula is C19H22O3. The zero-order valence-electron chi connectivity index (χ0n) is 13.2. The molecule has 1 aromatic carbocycles. The van der Waals surface area contributed by atoms with Crippen molar-refractivity contribution in [3.8, 4) is 5.75 Å². The highest BCUT2D eigenvalue weighted by atomic mass is 16.5. The van der Waals surface area contributed by atoms with E-state index in [2.05, 4.69) is 13.0 Å². The lowest BCUT2D eigenvalue weighted by molar-refractivity contribution is -0.127. The molecule has 0 amide bonds. The Morgan fingerprint density at radius 3 is 2.82 bits per heavy atom. The van der Waals surface area contributed by atoms with Crippen molar-refractivity contribution in [1.82, 2.24) is 0 Å². The fourth-order valence-electron chi connectivity index (χ4n) is 5.33. The topological polar surface area (TPSA) is 43.4 Å². The molecule has 3 aliphatic carbocycles. The normalized spacial score (nSPS) is 36.5. The van der Waals surface area contributed by atoms with Crippen molar-refractivity contribution < 1.29 is 14.3 Å². The summed E-state index contributed by atoms with van der Waals surface area (Å²) in [4.78, 5) is 25.0. The summed E-state index contributed by atoms with van der Waals surface area (Å²) >= 11 is 0. The van der Waals surface area contributed by atoms with Crippen molar-refractivity contribution in [2.24, 2.45) is 17.3 Å². The lowest BCUT2D eigenvalue weighted by Crippen LogP contribution is -2.47. The number of Topliss-reactive ketones (excluding diaryl/α,β-unsaturated/α-hetero) is 2. The molecule has 0 spiro atoms. The van der Waals surface area contributed by atoms with Crippen LogP contribution in [0.4, 0.5) is 0 Å². The minimum Gasteiger partial charge on any atom is -0.496 e. The largest absolute Gasteiger partial charge is 0.496 e. The number of ether oxygens (including phenoxy) is 1. The Labute approximate surface area is 131 Å². The van der Waals surface area contributed by atoms with Crippen molar-refractivity contribution >= 4 is 11.6 Å². The third-order valence-electron chi connectivity index (χ3n) is 6.49. The van der Waals surface area contributed by atoms with Gasteiger partial charge in [0.25, 0.3) is 0 Å². The molecule has 2 saturated carbocycles. The van der Waals surface area contributed by atoms with Gasteiger partial charge in [0.2, 0.25) is 0 Å². The number of fused-ring (bicyclic) bond motifs is 5. The first-order chi connectivity index (χ1) is 10.6. The molecule has 0 radical (unpaired) electrons. The summed E-state index contributed by atoms with van der Waals surface area (Å²) in [5.41, 5.74) is 1.95. The second-order valence-electron chi connectivity index (χ2n) is 7.40. The Morgan fingerprint density at radius 2 is 2.05 bits per heavy atom. The summed E-state index contributed by atoms with van der Waals surface area (Å²) in [7, 11) is 1.63. The Balaban J connectivity index is 1.81. The molecule has 0 N–H and O–H groups in total. The van der Waals surface area contributed by atoms with E-state index < -0.39 is 0 Å². The first-order valence-corrected chi connectivity index (χ1v) is 8.29. The van der Waals surface area contributed by atoms with Gasteiger partial charge in [-0.05, 0) is 48.1 Å². The molecule has 0 bridgehead atoms. The zero-order valence-corrected chi connectivity index (χ0v) is 13.2. The summed E-state index contributed by atoms with van der Waals surface area (Å²) < 4.78 is 5.44. The average Bonchev–Trinajstić information content (AvgIpc) is 2.82. The van der Waals surface area contributed by atoms with Crippen LogP contribution in [0.25, 0.3) is 0 Å². The minimum atomic E-state index is -0.0298. The van der Waals surface area contributed by atoms with Gasteiger partial charge in [-0.15, -0.1) is 0 Å². The molecule has 0 heterocycles. The van der Waals surface area contributed by atoms with Gasteiger partial charge in [-0.3, -0.25) is 9.59 Å². The molecule has 0 saturated heterocycles. The van der Waals surface area contributed by atoms with E-state index in [1.165, 1.54) is 5.56 Å². The smallest absolute Gasteiger partial charge is 0.171 e. The number of benzene rings is 1. The maximum Gasteiger partial charge on any atom is 0.171 e. The third kappa shape index (κ3) is 1.68. The van der Waals surface area contributed by atoms with Crippen LogP contribution in [-0.4, -0.2) is 18.7 Å². The van der Waals surface area contributed by atoms with E-state index in [1.54, 1.807) is 7.11 Å². The van der Waals surface area contributed by atoms with Crippen LogP contribution in [0.5, 0.6) is 5.75 Å². The van der Waals surface area contributed by atoms with Crippen molar-refractivity contribution in [3.05, 3.63) is 29.3 Å². The number of ketones is 2. The summed E-state index contributed by atoms with van der Waals surface area (Å²) in [6.45, 7) is 2.25. The van der Waals surface area contributed by atoms with Gasteiger partial charge in [-0.1, -0.05) is 19.1 Å². The molecule has 4 atom stereocenters. The van der Waals surface area contributed by atoms with Crippen LogP contribution in [-0.2, 0) is 4.79 Å². The SMILES string of the molecule is COc1cccc2c1C(=O)C1C2CCC2CC(=O)CCC21C. The Kier molecular flexibility index (Phi) is 2.97. The standard InChI is InChI=1S/C19H22O3/c1-19-9-8-12(20)10-11(19)6-7-14-13-4-3-5-15(22-2)16(13)18(21)17(14)19/h3-5,11,14,17H,6-10H2,1-2H3. The van der Waals surface area contributed by atoms with E-state index in [0.717, 1.165) is 24.8 Å². The lowest BCUT2D eigenvalue weighted by Gasteiger charge is -2.50. The summed E-state index contributed by atoms with van der Waals surface area (Å²) in [5, 5.41) is 0. The number of carbonyl (C=O) groups excluding carboxylic acids is 2. The summed E-state index contributed by atoms with van der Waals surface area (Å²) in [6.07, 6.45) is 4.24. The summed E-state index contributed by atoms with van der Waals surface area (Å²) in [6, 6.07) is 5.97. The van der Waals surface area contributed by atoms with Crippen LogP contribution in [0.15, 0.2) is 18.2 Å².